The van der Waals surface area contributed by atoms with E-state index >= 15 is 0 Å². The monoisotopic (exact) mass is 422 g/mol. The first-order chi connectivity index (χ1) is 14.9. The molecule has 2 aromatic rings. The molecule has 2 aliphatic rings. The van der Waals surface area contributed by atoms with Crippen molar-refractivity contribution in [1.29, 1.82) is 5.53 Å². The van der Waals surface area contributed by atoms with Crippen molar-refractivity contribution in [3.63, 3.8) is 0 Å². The zero-order valence-corrected chi connectivity index (χ0v) is 17.1. The molecule has 2 unspecified atom stereocenters. The van der Waals surface area contributed by atoms with Crippen LogP contribution in [0.5, 0.6) is 5.75 Å². The number of hydrogen-bond acceptors (Lipinski definition) is 5. The van der Waals surface area contributed by atoms with E-state index in [4.69, 9.17) is 5.53 Å². The van der Waals surface area contributed by atoms with E-state index in [1.54, 1.807) is 28.0 Å². The van der Waals surface area contributed by atoms with Gasteiger partial charge in [0.05, 0.1) is 5.69 Å². The summed E-state index contributed by atoms with van der Waals surface area (Å²) in [6.07, 6.45) is 2.75. The zero-order chi connectivity index (χ0) is 22.1. The number of hydrogen-bond donors (Lipinski definition) is 2. The largest absolute Gasteiger partial charge is 0.508 e. The summed E-state index contributed by atoms with van der Waals surface area (Å²) in [6, 6.07) is 8.98. The summed E-state index contributed by atoms with van der Waals surface area (Å²) in [5.74, 6) is -0.618. The van der Waals surface area contributed by atoms with Gasteiger partial charge in [0.15, 0.2) is 0 Å². The number of amides is 2. The number of benzene rings is 2. The molecule has 0 aliphatic carbocycles. The van der Waals surface area contributed by atoms with Crippen LogP contribution in [-0.4, -0.2) is 52.9 Å². The van der Waals surface area contributed by atoms with Gasteiger partial charge in [0, 0.05) is 61.3 Å². The maximum Gasteiger partial charge on any atom is 0.253 e. The first-order valence-electron chi connectivity index (χ1n) is 10.1. The Balaban J connectivity index is 1.36. The molecule has 4 rings (SSSR count). The summed E-state index contributed by atoms with van der Waals surface area (Å²) in [6.45, 7) is 4.10. The Hall–Kier alpha value is -3.55. The molecule has 2 atom stereocenters. The van der Waals surface area contributed by atoms with E-state index < -0.39 is 5.82 Å². The van der Waals surface area contributed by atoms with Gasteiger partial charge in [0.2, 0.25) is 5.91 Å². The molecule has 2 aromatic carbocycles. The summed E-state index contributed by atoms with van der Waals surface area (Å²) in [7, 11) is 0. The van der Waals surface area contributed by atoms with E-state index in [2.05, 4.69) is 5.11 Å². The quantitative estimate of drug-likeness (QED) is 0.580. The van der Waals surface area contributed by atoms with Crippen molar-refractivity contribution in [2.24, 2.45) is 17.0 Å². The molecular formula is C23H23FN4O3. The molecule has 160 valence electrons. The number of aryl methyl sites for hydroxylation is 1. The van der Waals surface area contributed by atoms with E-state index in [1.807, 2.05) is 6.92 Å². The first-order valence-corrected chi connectivity index (χ1v) is 10.1. The molecule has 31 heavy (non-hydrogen) atoms. The Kier molecular flexibility index (Phi) is 5.54. The van der Waals surface area contributed by atoms with Gasteiger partial charge in [0.25, 0.3) is 5.91 Å². The van der Waals surface area contributed by atoms with E-state index in [1.165, 1.54) is 24.3 Å². The Labute approximate surface area is 179 Å². The minimum absolute atomic E-state index is 0.0834. The van der Waals surface area contributed by atoms with Crippen LogP contribution < -0.4 is 0 Å². The SMILES string of the molecule is Cc1ccc(C(=O)N2CC3CN(C(=O)/C=C/c4ccc(O)cc4F)CC3C2)cc1N=N. The number of fused-ring (bicyclic) bond motifs is 1. The van der Waals surface area contributed by atoms with Gasteiger partial charge in [-0.3, -0.25) is 9.59 Å². The maximum atomic E-state index is 13.8. The molecule has 2 saturated heterocycles. The van der Waals surface area contributed by atoms with Crippen LogP contribution in [0.4, 0.5) is 10.1 Å². The molecule has 2 fully saturated rings. The highest BCUT2D eigenvalue weighted by Crippen LogP contribution is 2.32. The predicted molar refractivity (Wildman–Crippen MR) is 113 cm³/mol. The fourth-order valence-corrected chi connectivity index (χ4v) is 4.30. The Morgan fingerprint density at radius 1 is 1.10 bits per heavy atom. The van der Waals surface area contributed by atoms with Gasteiger partial charge in [0.1, 0.15) is 11.6 Å². The highest BCUT2D eigenvalue weighted by molar-refractivity contribution is 5.95. The molecular weight excluding hydrogens is 399 g/mol. The van der Waals surface area contributed by atoms with Crippen molar-refractivity contribution in [3.8, 4) is 5.75 Å². The van der Waals surface area contributed by atoms with E-state index in [0.29, 0.717) is 37.4 Å². The van der Waals surface area contributed by atoms with Crippen molar-refractivity contribution in [1.82, 2.24) is 9.80 Å². The maximum absolute atomic E-state index is 13.8. The molecule has 2 heterocycles. The zero-order valence-electron chi connectivity index (χ0n) is 17.1. The van der Waals surface area contributed by atoms with Gasteiger partial charge >= 0.3 is 0 Å². The fraction of sp³-hybridized carbons (Fsp3) is 0.304. The molecule has 0 radical (unpaired) electrons. The van der Waals surface area contributed by atoms with Gasteiger partial charge in [-0.15, -0.1) is 0 Å². The van der Waals surface area contributed by atoms with Crippen LogP contribution >= 0.6 is 0 Å². The number of phenols is 1. The average molecular weight is 422 g/mol. The highest BCUT2D eigenvalue weighted by Gasteiger charge is 2.42. The molecule has 0 aromatic heterocycles. The Morgan fingerprint density at radius 2 is 1.77 bits per heavy atom. The number of rotatable bonds is 4. The third-order valence-corrected chi connectivity index (χ3v) is 6.05. The summed E-state index contributed by atoms with van der Waals surface area (Å²) < 4.78 is 13.8. The van der Waals surface area contributed by atoms with Crippen LogP contribution in [0, 0.1) is 30.1 Å². The third-order valence-electron chi connectivity index (χ3n) is 6.05. The highest BCUT2D eigenvalue weighted by atomic mass is 19.1. The summed E-state index contributed by atoms with van der Waals surface area (Å²) >= 11 is 0. The topological polar surface area (TPSA) is 97.1 Å². The lowest BCUT2D eigenvalue weighted by Gasteiger charge is -2.21. The molecule has 0 bridgehead atoms. The number of phenolic OH excluding ortho intramolecular Hbond substituents is 1. The van der Waals surface area contributed by atoms with Crippen molar-refractivity contribution < 1.29 is 19.1 Å². The van der Waals surface area contributed by atoms with Crippen LogP contribution in [0.2, 0.25) is 0 Å². The standard InChI is InChI=1S/C23H23FN4O3/c1-14-2-3-16(8-21(14)26-25)23(31)28-12-17-10-27(11-18(17)13-28)22(30)7-5-15-4-6-19(29)9-20(15)24/h2-9,17-18,25,29H,10-13H2,1H3/b7-5+,26-25?. The lowest BCUT2D eigenvalue weighted by atomic mass is 10.0. The second kappa shape index (κ2) is 8.29. The van der Waals surface area contributed by atoms with Crippen molar-refractivity contribution >= 4 is 23.6 Å². The minimum Gasteiger partial charge on any atom is -0.508 e. The number of nitrogens with zero attached hydrogens (tertiary/aromatic N) is 3. The summed E-state index contributed by atoms with van der Waals surface area (Å²) in [5.41, 5.74) is 9.32. The smallest absolute Gasteiger partial charge is 0.253 e. The summed E-state index contributed by atoms with van der Waals surface area (Å²) in [5, 5.41) is 12.7. The third kappa shape index (κ3) is 4.19. The van der Waals surface area contributed by atoms with E-state index in [9.17, 15) is 19.1 Å². The molecule has 8 heteroatoms. The van der Waals surface area contributed by atoms with Gasteiger partial charge < -0.3 is 14.9 Å². The molecule has 0 spiro atoms. The normalized spacial score (nSPS) is 20.3. The number of likely N-dealkylation sites (tertiary alicyclic amines) is 2. The average Bonchev–Trinajstić information content (AvgIpc) is 3.32. The van der Waals surface area contributed by atoms with Gasteiger partial charge in [-0.2, -0.15) is 5.11 Å². The van der Waals surface area contributed by atoms with Crippen molar-refractivity contribution in [3.05, 3.63) is 65.0 Å². The second-order valence-electron chi connectivity index (χ2n) is 8.13. The van der Waals surface area contributed by atoms with Gasteiger partial charge in [-0.05, 0) is 42.8 Å². The Bertz CT molecular complexity index is 1070. The van der Waals surface area contributed by atoms with E-state index in [-0.39, 0.29) is 35.0 Å². The molecule has 2 amide bonds. The van der Waals surface area contributed by atoms with Crippen molar-refractivity contribution in [2.45, 2.75) is 6.92 Å². The van der Waals surface area contributed by atoms with Crippen LogP contribution in [0.15, 0.2) is 47.6 Å². The molecule has 2 aliphatic heterocycles. The number of carbonyl (C=O) groups is 2. The molecule has 0 saturated carbocycles. The van der Waals surface area contributed by atoms with Crippen molar-refractivity contribution in [2.75, 3.05) is 26.2 Å². The van der Waals surface area contributed by atoms with Crippen LogP contribution in [-0.2, 0) is 4.79 Å². The second-order valence-corrected chi connectivity index (χ2v) is 8.13. The molecule has 7 nitrogen and oxygen atoms in total. The lowest BCUT2D eigenvalue weighted by molar-refractivity contribution is -0.125. The lowest BCUT2D eigenvalue weighted by Crippen LogP contribution is -2.35. The number of nitrogens with one attached hydrogen (secondary N) is 1. The minimum atomic E-state index is -0.589. The number of aromatic hydroxyl groups is 1. The number of halogens is 1. The predicted octanol–water partition coefficient (Wildman–Crippen LogP) is 3.75. The number of carbonyl (C=O) groups excluding carboxylic acids is 2. The van der Waals surface area contributed by atoms with E-state index in [0.717, 1.165) is 11.6 Å². The molecule has 2 N–H and O–H groups in total. The Morgan fingerprint density at radius 3 is 2.42 bits per heavy atom. The first kappa shape index (κ1) is 20.7. The van der Waals surface area contributed by atoms with Gasteiger partial charge in [-0.25, -0.2) is 9.92 Å². The van der Waals surface area contributed by atoms with Crippen LogP contribution in [0.25, 0.3) is 6.08 Å². The van der Waals surface area contributed by atoms with Gasteiger partial charge in [-0.1, -0.05) is 6.07 Å². The van der Waals surface area contributed by atoms with Crippen LogP contribution in [0.3, 0.4) is 0 Å². The van der Waals surface area contributed by atoms with Crippen LogP contribution in [0.1, 0.15) is 21.5 Å². The summed E-state index contributed by atoms with van der Waals surface area (Å²) in [4.78, 5) is 28.9. The fourth-order valence-electron chi connectivity index (χ4n) is 4.30.